The molecule has 0 aliphatic heterocycles. The van der Waals surface area contributed by atoms with E-state index < -0.39 is 11.6 Å². The van der Waals surface area contributed by atoms with Gasteiger partial charge in [0.2, 0.25) is 0 Å². The summed E-state index contributed by atoms with van der Waals surface area (Å²) in [5, 5.41) is 13.2. The Labute approximate surface area is 129 Å². The largest absolute Gasteiger partial charge is 0.394 e. The first kappa shape index (κ1) is 16.7. The van der Waals surface area contributed by atoms with Crippen molar-refractivity contribution in [3.05, 3.63) is 29.8 Å². The van der Waals surface area contributed by atoms with Crippen molar-refractivity contribution in [2.24, 2.45) is 0 Å². The quantitative estimate of drug-likeness (QED) is 0.538. The predicted molar refractivity (Wildman–Crippen MR) is 82.6 cm³/mol. The second kappa shape index (κ2) is 7.56. The molecule has 1 atom stereocenters. The number of hydrogen-bond acceptors (Lipinski definition) is 3. The smallest absolute Gasteiger partial charge is 0.159 e. The molecule has 1 saturated carbocycles. The van der Waals surface area contributed by atoms with E-state index in [1.807, 2.05) is 0 Å². The van der Waals surface area contributed by atoms with E-state index in [4.69, 9.17) is 0 Å². The van der Waals surface area contributed by atoms with Crippen LogP contribution in [0.3, 0.4) is 0 Å². The van der Waals surface area contributed by atoms with Crippen molar-refractivity contribution in [3.63, 3.8) is 0 Å². The first-order valence-corrected chi connectivity index (χ1v) is 8.53. The van der Waals surface area contributed by atoms with Gasteiger partial charge in [0.05, 0.1) is 6.61 Å². The third-order valence-electron chi connectivity index (χ3n) is 4.03. The Bertz CT molecular complexity index is 462. The predicted octanol–water partition coefficient (Wildman–Crippen LogP) is 3.73. The molecule has 0 amide bonds. The van der Waals surface area contributed by atoms with Crippen LogP contribution in [0.1, 0.15) is 39.0 Å². The number of benzene rings is 1. The summed E-state index contributed by atoms with van der Waals surface area (Å²) in [6.07, 6.45) is 5.12. The molecule has 0 heterocycles. The van der Waals surface area contributed by atoms with E-state index in [9.17, 15) is 13.9 Å². The summed E-state index contributed by atoms with van der Waals surface area (Å²) in [5.74, 6) is -0.772. The number of hydrogen-bond donors (Lipinski definition) is 2. The maximum absolute atomic E-state index is 13.1. The Morgan fingerprint density at radius 3 is 2.67 bits per heavy atom. The summed E-state index contributed by atoms with van der Waals surface area (Å²) in [4.78, 5) is 0.746. The van der Waals surface area contributed by atoms with Gasteiger partial charge in [-0.25, -0.2) is 8.78 Å². The zero-order chi connectivity index (χ0) is 15.3. The van der Waals surface area contributed by atoms with Gasteiger partial charge in [0.1, 0.15) is 0 Å². The van der Waals surface area contributed by atoms with Gasteiger partial charge < -0.3 is 10.4 Å². The van der Waals surface area contributed by atoms with Gasteiger partial charge >= 0.3 is 0 Å². The van der Waals surface area contributed by atoms with Crippen LogP contribution >= 0.6 is 11.8 Å². The maximum atomic E-state index is 13.1. The topological polar surface area (TPSA) is 32.3 Å². The average Bonchev–Trinajstić information content (AvgIpc) is 3.30. The molecule has 5 heteroatoms. The van der Waals surface area contributed by atoms with E-state index >= 15 is 0 Å². The fraction of sp³-hybridized carbons (Fsp3) is 0.625. The van der Waals surface area contributed by atoms with Crippen LogP contribution in [0.2, 0.25) is 0 Å². The fourth-order valence-corrected chi connectivity index (χ4v) is 3.29. The van der Waals surface area contributed by atoms with Gasteiger partial charge in [0.25, 0.3) is 0 Å². The SMILES string of the molecule is CCC(CO)(CCCSc1ccc(F)c(F)c1)NC1CC1. The molecular weight excluding hydrogens is 292 g/mol. The lowest BCUT2D eigenvalue weighted by Crippen LogP contribution is -2.49. The molecule has 1 aliphatic carbocycles. The van der Waals surface area contributed by atoms with Crippen LogP contribution < -0.4 is 5.32 Å². The fourth-order valence-electron chi connectivity index (χ4n) is 2.42. The maximum Gasteiger partial charge on any atom is 0.159 e. The first-order chi connectivity index (χ1) is 10.1. The van der Waals surface area contributed by atoms with Crippen molar-refractivity contribution < 1.29 is 13.9 Å². The first-order valence-electron chi connectivity index (χ1n) is 7.55. The zero-order valence-corrected chi connectivity index (χ0v) is 13.2. The number of aliphatic hydroxyl groups is 1. The Morgan fingerprint density at radius 1 is 1.33 bits per heavy atom. The molecule has 2 N–H and O–H groups in total. The van der Waals surface area contributed by atoms with Gasteiger partial charge in [-0.05, 0) is 56.1 Å². The van der Waals surface area contributed by atoms with Crippen LogP contribution in [0.4, 0.5) is 8.78 Å². The normalized spacial score (nSPS) is 17.7. The zero-order valence-electron chi connectivity index (χ0n) is 12.4. The molecule has 1 unspecified atom stereocenters. The molecule has 118 valence electrons. The number of aliphatic hydroxyl groups excluding tert-OH is 1. The van der Waals surface area contributed by atoms with Crippen molar-refractivity contribution in [1.82, 2.24) is 5.32 Å². The highest BCUT2D eigenvalue weighted by Crippen LogP contribution is 2.28. The van der Waals surface area contributed by atoms with E-state index in [1.165, 1.54) is 30.7 Å². The second-order valence-electron chi connectivity index (χ2n) is 5.74. The van der Waals surface area contributed by atoms with Crippen molar-refractivity contribution >= 4 is 11.8 Å². The molecule has 1 fully saturated rings. The molecule has 0 saturated heterocycles. The molecule has 2 nitrogen and oxygen atoms in total. The van der Waals surface area contributed by atoms with E-state index in [-0.39, 0.29) is 12.1 Å². The summed E-state index contributed by atoms with van der Waals surface area (Å²) in [7, 11) is 0. The molecule has 0 bridgehead atoms. The standard InChI is InChI=1S/C16H23F2NOS/c1-2-16(11-20,19-12-4-5-12)8-3-9-21-13-6-7-14(17)15(18)10-13/h6-7,10,12,19-20H,2-5,8-9,11H2,1H3. The molecule has 21 heavy (non-hydrogen) atoms. The van der Waals surface area contributed by atoms with Crippen LogP contribution in [0, 0.1) is 11.6 Å². The molecule has 1 aliphatic rings. The lowest BCUT2D eigenvalue weighted by molar-refractivity contribution is 0.144. The molecule has 1 aromatic carbocycles. The minimum absolute atomic E-state index is 0.149. The van der Waals surface area contributed by atoms with Gasteiger partial charge in [0.15, 0.2) is 11.6 Å². The minimum atomic E-state index is -0.807. The minimum Gasteiger partial charge on any atom is -0.394 e. The van der Waals surface area contributed by atoms with Gasteiger partial charge in [-0.2, -0.15) is 0 Å². The molecule has 1 aromatic rings. The Kier molecular flexibility index (Phi) is 6.02. The lowest BCUT2D eigenvalue weighted by atomic mass is 9.91. The summed E-state index contributed by atoms with van der Waals surface area (Å²) >= 11 is 1.52. The highest BCUT2D eigenvalue weighted by molar-refractivity contribution is 7.99. The van der Waals surface area contributed by atoms with Crippen LogP contribution in [0.25, 0.3) is 0 Å². The van der Waals surface area contributed by atoms with E-state index in [1.54, 1.807) is 6.07 Å². The third-order valence-corrected chi connectivity index (χ3v) is 5.11. The van der Waals surface area contributed by atoms with Crippen LogP contribution in [0.5, 0.6) is 0 Å². The van der Waals surface area contributed by atoms with Crippen molar-refractivity contribution in [2.75, 3.05) is 12.4 Å². The highest BCUT2D eigenvalue weighted by atomic mass is 32.2. The molecule has 0 aromatic heterocycles. The van der Waals surface area contributed by atoms with E-state index in [0.29, 0.717) is 6.04 Å². The summed E-state index contributed by atoms with van der Waals surface area (Å²) in [5.41, 5.74) is -0.185. The molecular formula is C16H23F2NOS. The Balaban J connectivity index is 1.77. The van der Waals surface area contributed by atoms with Crippen molar-refractivity contribution in [3.8, 4) is 0 Å². The van der Waals surface area contributed by atoms with Gasteiger partial charge in [0, 0.05) is 16.5 Å². The molecule has 0 radical (unpaired) electrons. The second-order valence-corrected chi connectivity index (χ2v) is 6.91. The summed E-state index contributed by atoms with van der Waals surface area (Å²) in [6.45, 7) is 2.24. The average molecular weight is 315 g/mol. The van der Waals surface area contributed by atoms with Gasteiger partial charge in [-0.3, -0.25) is 0 Å². The Hall–Kier alpha value is -0.650. The summed E-state index contributed by atoms with van der Waals surface area (Å²) in [6, 6.07) is 4.57. The van der Waals surface area contributed by atoms with Crippen molar-refractivity contribution in [1.29, 1.82) is 0 Å². The number of halogens is 2. The Morgan fingerprint density at radius 2 is 2.10 bits per heavy atom. The monoisotopic (exact) mass is 315 g/mol. The van der Waals surface area contributed by atoms with Crippen LogP contribution in [-0.2, 0) is 0 Å². The third kappa shape index (κ3) is 4.94. The summed E-state index contributed by atoms with van der Waals surface area (Å²) < 4.78 is 25.9. The number of nitrogens with one attached hydrogen (secondary N) is 1. The molecule has 2 rings (SSSR count). The van der Waals surface area contributed by atoms with E-state index in [0.717, 1.165) is 36.0 Å². The number of thioether (sulfide) groups is 1. The van der Waals surface area contributed by atoms with Crippen molar-refractivity contribution in [2.45, 2.75) is 55.5 Å². The molecule has 0 spiro atoms. The van der Waals surface area contributed by atoms with Crippen LogP contribution in [-0.4, -0.2) is 29.0 Å². The van der Waals surface area contributed by atoms with E-state index in [2.05, 4.69) is 12.2 Å². The van der Waals surface area contributed by atoms with Gasteiger partial charge in [-0.15, -0.1) is 11.8 Å². The number of rotatable bonds is 9. The lowest BCUT2D eigenvalue weighted by Gasteiger charge is -2.32. The van der Waals surface area contributed by atoms with Gasteiger partial charge in [-0.1, -0.05) is 6.92 Å². The van der Waals surface area contributed by atoms with Crippen LogP contribution in [0.15, 0.2) is 23.1 Å². The highest BCUT2D eigenvalue weighted by Gasteiger charge is 2.33.